The highest BCUT2D eigenvalue weighted by Crippen LogP contribution is 2.35. The third-order valence-electron chi connectivity index (χ3n) is 5.09. The molecular weight excluding hydrogens is 359 g/mol. The van der Waals surface area contributed by atoms with Crippen LogP contribution in [0.1, 0.15) is 25.7 Å². The van der Waals surface area contributed by atoms with Gasteiger partial charge in [-0.25, -0.2) is 14.4 Å². The highest BCUT2D eigenvalue weighted by atomic mass is 32.2. The van der Waals surface area contributed by atoms with E-state index in [0.29, 0.717) is 6.04 Å². The molecule has 4 nitrogen and oxygen atoms in total. The van der Waals surface area contributed by atoms with E-state index in [1.54, 1.807) is 23.9 Å². The molecule has 3 aromatic rings. The summed E-state index contributed by atoms with van der Waals surface area (Å²) in [6.45, 7) is 0. The zero-order valence-corrected chi connectivity index (χ0v) is 16.4. The molecular formula is C21H23FN4S. The molecule has 2 aromatic heterocycles. The number of thioether (sulfide) groups is 1. The molecule has 1 aliphatic carbocycles. The number of nitrogens with zero attached hydrogens (tertiary/aromatic N) is 3. The second-order valence-corrected chi connectivity index (χ2v) is 7.69. The van der Waals surface area contributed by atoms with E-state index in [0.717, 1.165) is 33.5 Å². The molecule has 1 saturated carbocycles. The van der Waals surface area contributed by atoms with Gasteiger partial charge >= 0.3 is 0 Å². The summed E-state index contributed by atoms with van der Waals surface area (Å²) in [5, 5.41) is 4.49. The molecule has 140 valence electrons. The fourth-order valence-electron chi connectivity index (χ4n) is 3.74. The Morgan fingerprint density at radius 2 is 1.85 bits per heavy atom. The Labute approximate surface area is 163 Å². The van der Waals surface area contributed by atoms with Crippen LogP contribution in [0.15, 0.2) is 47.8 Å². The molecule has 1 fully saturated rings. The zero-order valence-electron chi connectivity index (χ0n) is 15.6. The van der Waals surface area contributed by atoms with Gasteiger partial charge in [0.1, 0.15) is 11.6 Å². The van der Waals surface area contributed by atoms with Crippen LogP contribution < -0.4 is 5.32 Å². The third kappa shape index (κ3) is 3.72. The van der Waals surface area contributed by atoms with Crippen molar-refractivity contribution in [3.63, 3.8) is 0 Å². The molecule has 6 heteroatoms. The predicted molar refractivity (Wildman–Crippen MR) is 109 cm³/mol. The van der Waals surface area contributed by atoms with E-state index in [1.807, 2.05) is 25.6 Å². The molecule has 0 atom stereocenters. The topological polar surface area (TPSA) is 42.7 Å². The highest BCUT2D eigenvalue weighted by molar-refractivity contribution is 7.98. The lowest BCUT2D eigenvalue weighted by Gasteiger charge is -2.14. The summed E-state index contributed by atoms with van der Waals surface area (Å²) in [5.74, 6) is 0.657. The average Bonchev–Trinajstić information content (AvgIpc) is 3.30. The molecule has 2 heterocycles. The van der Waals surface area contributed by atoms with Crippen LogP contribution in [-0.4, -0.2) is 26.8 Å². The van der Waals surface area contributed by atoms with Crippen molar-refractivity contribution in [2.45, 2.75) is 36.9 Å². The number of benzene rings is 1. The monoisotopic (exact) mass is 382 g/mol. The fraction of sp³-hybridized carbons (Fsp3) is 0.333. The number of halogens is 1. The summed E-state index contributed by atoms with van der Waals surface area (Å²) in [4.78, 5) is 9.30. The number of imidazole rings is 1. The number of hydrogen-bond donors (Lipinski definition) is 1. The van der Waals surface area contributed by atoms with E-state index in [1.165, 1.54) is 37.8 Å². The first-order valence-electron chi connectivity index (χ1n) is 9.25. The van der Waals surface area contributed by atoms with Crippen LogP contribution in [0.2, 0.25) is 0 Å². The standard InChI is InChI=1S/C21H23FN4S/c1-26-20(15-11-12-23-18(13-15)24-17-5-3-4-6-17)19(25-21(26)27-2)14-7-9-16(22)10-8-14/h7-13,17H,3-6H2,1-2H3,(H,23,24). The van der Waals surface area contributed by atoms with Gasteiger partial charge in [-0.3, -0.25) is 0 Å². The Bertz CT molecular complexity index is 930. The molecule has 0 saturated heterocycles. The second-order valence-electron chi connectivity index (χ2n) is 6.92. The lowest BCUT2D eigenvalue weighted by molar-refractivity contribution is 0.628. The van der Waals surface area contributed by atoms with E-state index in [2.05, 4.69) is 20.9 Å². The number of rotatable bonds is 5. The maximum atomic E-state index is 13.4. The van der Waals surface area contributed by atoms with Crippen LogP contribution in [0.3, 0.4) is 0 Å². The van der Waals surface area contributed by atoms with Gasteiger partial charge in [-0.1, -0.05) is 24.6 Å². The summed E-state index contributed by atoms with van der Waals surface area (Å²) in [7, 11) is 2.02. The van der Waals surface area contributed by atoms with Crippen molar-refractivity contribution in [1.29, 1.82) is 0 Å². The van der Waals surface area contributed by atoms with Gasteiger partial charge in [-0.2, -0.15) is 0 Å². The van der Waals surface area contributed by atoms with Crippen LogP contribution in [0, 0.1) is 5.82 Å². The molecule has 0 aliphatic heterocycles. The van der Waals surface area contributed by atoms with Gasteiger partial charge in [0.05, 0.1) is 11.4 Å². The summed E-state index contributed by atoms with van der Waals surface area (Å²) < 4.78 is 15.5. The van der Waals surface area contributed by atoms with Crippen LogP contribution in [0.4, 0.5) is 10.2 Å². The lowest BCUT2D eigenvalue weighted by Crippen LogP contribution is -2.15. The number of anilines is 1. The Morgan fingerprint density at radius 1 is 1.11 bits per heavy atom. The minimum absolute atomic E-state index is 0.242. The average molecular weight is 383 g/mol. The first-order valence-corrected chi connectivity index (χ1v) is 10.5. The molecule has 27 heavy (non-hydrogen) atoms. The van der Waals surface area contributed by atoms with Crippen molar-refractivity contribution >= 4 is 17.6 Å². The lowest BCUT2D eigenvalue weighted by atomic mass is 10.1. The molecule has 0 unspecified atom stereocenters. The highest BCUT2D eigenvalue weighted by Gasteiger charge is 2.19. The van der Waals surface area contributed by atoms with Gasteiger partial charge in [-0.15, -0.1) is 0 Å². The van der Waals surface area contributed by atoms with Crippen molar-refractivity contribution in [1.82, 2.24) is 14.5 Å². The first-order chi connectivity index (χ1) is 13.2. The fourth-order valence-corrected chi connectivity index (χ4v) is 4.28. The van der Waals surface area contributed by atoms with E-state index in [9.17, 15) is 4.39 Å². The van der Waals surface area contributed by atoms with Gasteiger partial charge in [0.15, 0.2) is 5.16 Å². The molecule has 1 N–H and O–H groups in total. The molecule has 4 rings (SSSR count). The van der Waals surface area contributed by atoms with Crippen molar-refractivity contribution < 1.29 is 4.39 Å². The van der Waals surface area contributed by atoms with Crippen molar-refractivity contribution in [2.75, 3.05) is 11.6 Å². The SMILES string of the molecule is CSc1nc(-c2ccc(F)cc2)c(-c2ccnc(NC3CCCC3)c2)n1C. The Balaban J connectivity index is 1.76. The molecule has 0 amide bonds. The largest absolute Gasteiger partial charge is 0.367 e. The van der Waals surface area contributed by atoms with Gasteiger partial charge in [-0.05, 0) is 55.5 Å². The molecule has 0 radical (unpaired) electrons. The normalized spacial score (nSPS) is 14.6. The van der Waals surface area contributed by atoms with Crippen molar-refractivity contribution in [3.8, 4) is 22.5 Å². The van der Waals surface area contributed by atoms with Gasteiger partial charge in [0.25, 0.3) is 0 Å². The van der Waals surface area contributed by atoms with E-state index in [4.69, 9.17) is 4.98 Å². The molecule has 0 bridgehead atoms. The van der Waals surface area contributed by atoms with E-state index >= 15 is 0 Å². The predicted octanol–water partition coefficient (Wildman–Crippen LogP) is 5.36. The van der Waals surface area contributed by atoms with Crippen molar-refractivity contribution in [2.24, 2.45) is 7.05 Å². The summed E-state index contributed by atoms with van der Waals surface area (Å²) in [6, 6.07) is 11.1. The van der Waals surface area contributed by atoms with Crippen LogP contribution in [0.5, 0.6) is 0 Å². The second kappa shape index (κ2) is 7.72. The maximum Gasteiger partial charge on any atom is 0.168 e. The number of nitrogens with one attached hydrogen (secondary N) is 1. The third-order valence-corrected chi connectivity index (χ3v) is 5.83. The summed E-state index contributed by atoms with van der Waals surface area (Å²) >= 11 is 1.60. The maximum absolute atomic E-state index is 13.4. The van der Waals surface area contributed by atoms with Crippen LogP contribution >= 0.6 is 11.8 Å². The zero-order chi connectivity index (χ0) is 18.8. The van der Waals surface area contributed by atoms with Gasteiger partial charge in [0, 0.05) is 30.4 Å². The number of pyridine rings is 1. The van der Waals surface area contributed by atoms with E-state index in [-0.39, 0.29) is 5.82 Å². The first kappa shape index (κ1) is 18.0. The quantitative estimate of drug-likeness (QED) is 0.603. The van der Waals surface area contributed by atoms with Crippen LogP contribution in [0.25, 0.3) is 22.5 Å². The summed E-state index contributed by atoms with van der Waals surface area (Å²) in [5.41, 5.74) is 3.84. The number of aromatic nitrogens is 3. The van der Waals surface area contributed by atoms with Gasteiger partial charge in [0.2, 0.25) is 0 Å². The minimum Gasteiger partial charge on any atom is -0.367 e. The Morgan fingerprint density at radius 3 is 2.56 bits per heavy atom. The van der Waals surface area contributed by atoms with Crippen molar-refractivity contribution in [3.05, 3.63) is 48.4 Å². The molecule has 1 aromatic carbocycles. The number of hydrogen-bond acceptors (Lipinski definition) is 4. The smallest absolute Gasteiger partial charge is 0.168 e. The minimum atomic E-state index is -0.242. The Hall–Kier alpha value is -2.34. The molecule has 1 aliphatic rings. The van der Waals surface area contributed by atoms with E-state index < -0.39 is 0 Å². The molecule has 0 spiro atoms. The Kier molecular flexibility index (Phi) is 5.16. The van der Waals surface area contributed by atoms with Crippen LogP contribution in [-0.2, 0) is 7.05 Å². The summed E-state index contributed by atoms with van der Waals surface area (Å²) in [6.07, 6.45) is 8.83. The van der Waals surface area contributed by atoms with Gasteiger partial charge < -0.3 is 9.88 Å².